The van der Waals surface area contributed by atoms with E-state index < -0.39 is 17.0 Å². The van der Waals surface area contributed by atoms with Gasteiger partial charge in [-0.1, -0.05) is 20.3 Å². The maximum absolute atomic E-state index is 12.5. The summed E-state index contributed by atoms with van der Waals surface area (Å²) in [6.45, 7) is 6.50. The van der Waals surface area contributed by atoms with Crippen molar-refractivity contribution in [3.8, 4) is 0 Å². The molecule has 0 amide bonds. The molecular formula is C24H38N2O3. The zero-order valence-electron chi connectivity index (χ0n) is 18.4. The fraction of sp³-hybridized carbons (Fsp3) is 0.917. The Kier molecular flexibility index (Phi) is 5.67. The van der Waals surface area contributed by atoms with Crippen molar-refractivity contribution in [1.82, 2.24) is 0 Å². The van der Waals surface area contributed by atoms with Crippen LogP contribution >= 0.6 is 0 Å². The molecule has 5 heteroatoms. The van der Waals surface area contributed by atoms with Gasteiger partial charge in [-0.2, -0.15) is 4.79 Å². The summed E-state index contributed by atoms with van der Waals surface area (Å²) in [6, 6.07) is 0. The average Bonchev–Trinajstić information content (AvgIpc) is 2.69. The summed E-state index contributed by atoms with van der Waals surface area (Å²) in [7, 11) is 0. The summed E-state index contributed by atoms with van der Waals surface area (Å²) < 4.78 is 5.14. The molecule has 0 radical (unpaired) electrons. The molecule has 0 spiro atoms. The molecule has 0 aromatic rings. The number of aliphatic hydroxyl groups is 1. The number of carbonyl (C=O) groups excluding carboxylic acids is 1. The van der Waals surface area contributed by atoms with E-state index in [1.807, 2.05) is 0 Å². The van der Waals surface area contributed by atoms with Crippen LogP contribution < -0.4 is 0 Å². The normalized spacial score (nSPS) is 46.5. The highest BCUT2D eigenvalue weighted by Crippen LogP contribution is 2.64. The molecule has 0 heterocycles. The summed E-state index contributed by atoms with van der Waals surface area (Å²) in [5, 5.41) is 11.8. The summed E-state index contributed by atoms with van der Waals surface area (Å²) in [4.78, 5) is 15.8. The van der Waals surface area contributed by atoms with Gasteiger partial charge < -0.3 is 15.4 Å². The third-order valence-electron chi connectivity index (χ3n) is 9.57. The first-order chi connectivity index (χ1) is 13.9. The predicted molar refractivity (Wildman–Crippen MR) is 111 cm³/mol. The molecular weight excluding hydrogens is 364 g/mol. The average molecular weight is 403 g/mol. The predicted octanol–water partition coefficient (Wildman–Crippen LogP) is 4.63. The Morgan fingerprint density at radius 3 is 2.59 bits per heavy atom. The fourth-order valence-corrected chi connectivity index (χ4v) is 8.20. The Bertz CT molecular complexity index is 702. The van der Waals surface area contributed by atoms with Gasteiger partial charge >= 0.3 is 11.7 Å². The first kappa shape index (κ1) is 21.1. The molecule has 1 N–H and O–H groups in total. The van der Waals surface area contributed by atoms with E-state index in [0.717, 1.165) is 49.4 Å². The quantitative estimate of drug-likeness (QED) is 0.323. The van der Waals surface area contributed by atoms with E-state index in [1.54, 1.807) is 6.92 Å². The van der Waals surface area contributed by atoms with E-state index >= 15 is 0 Å². The molecule has 1 unspecified atom stereocenters. The minimum atomic E-state index is -1.40. The second-order valence-electron chi connectivity index (χ2n) is 10.7. The van der Waals surface area contributed by atoms with Crippen molar-refractivity contribution < 1.29 is 19.4 Å². The van der Waals surface area contributed by atoms with Crippen LogP contribution in [0, 0.1) is 40.9 Å². The number of nitrogens with zero attached hydrogens (tertiary/aromatic N) is 2. The van der Waals surface area contributed by atoms with Crippen LogP contribution in [0.15, 0.2) is 0 Å². The van der Waals surface area contributed by atoms with Gasteiger partial charge in [-0.25, -0.2) is 4.79 Å². The zero-order valence-corrected chi connectivity index (χ0v) is 18.4. The maximum atomic E-state index is 12.5. The molecule has 4 aliphatic rings. The number of hydrogen-bond donors (Lipinski definition) is 1. The third kappa shape index (κ3) is 3.20. The van der Waals surface area contributed by atoms with Crippen LogP contribution in [0.4, 0.5) is 0 Å². The van der Waals surface area contributed by atoms with Crippen LogP contribution in [0.25, 0.3) is 5.53 Å². The van der Waals surface area contributed by atoms with E-state index in [0.29, 0.717) is 18.3 Å². The lowest BCUT2D eigenvalue weighted by Gasteiger charge is -2.61. The van der Waals surface area contributed by atoms with E-state index in [1.165, 1.54) is 32.1 Å². The summed E-state index contributed by atoms with van der Waals surface area (Å²) in [5.41, 5.74) is 7.67. The summed E-state index contributed by atoms with van der Waals surface area (Å²) in [6.07, 6.45) is 11.2. The number of hydrogen-bond acceptors (Lipinski definition) is 3. The van der Waals surface area contributed by atoms with Gasteiger partial charge in [0.1, 0.15) is 0 Å². The van der Waals surface area contributed by atoms with Crippen LogP contribution in [0.2, 0.25) is 0 Å². The molecule has 4 fully saturated rings. The smallest absolute Gasteiger partial charge is 0.420 e. The molecule has 0 aromatic carbocycles. The third-order valence-corrected chi connectivity index (χ3v) is 9.57. The first-order valence-corrected chi connectivity index (χ1v) is 12.0. The van der Waals surface area contributed by atoms with Gasteiger partial charge in [-0.15, -0.1) is 0 Å². The molecule has 4 aliphatic carbocycles. The lowest BCUT2D eigenvalue weighted by atomic mass is 9.43. The Morgan fingerprint density at radius 1 is 1.10 bits per heavy atom. The number of fused-ring (bicyclic) bond motifs is 5. The maximum Gasteiger partial charge on any atom is 0.420 e. The van der Waals surface area contributed by atoms with Crippen LogP contribution in [0.3, 0.4) is 0 Å². The van der Waals surface area contributed by atoms with Crippen LogP contribution in [0.1, 0.15) is 85.0 Å². The molecule has 29 heavy (non-hydrogen) atoms. The van der Waals surface area contributed by atoms with Gasteiger partial charge in [-0.3, -0.25) is 0 Å². The molecule has 0 aromatic heterocycles. The van der Waals surface area contributed by atoms with Gasteiger partial charge in [0.2, 0.25) is 0 Å². The highest BCUT2D eigenvalue weighted by molar-refractivity contribution is 6.37. The lowest BCUT2D eigenvalue weighted by Crippen LogP contribution is -2.65. The van der Waals surface area contributed by atoms with Gasteiger partial charge in [0.15, 0.2) is 5.60 Å². The topological polar surface area (TPSA) is 82.9 Å². The molecule has 8 atom stereocenters. The molecule has 0 aliphatic heterocycles. The van der Waals surface area contributed by atoms with Crippen molar-refractivity contribution in [3.05, 3.63) is 5.53 Å². The largest absolute Gasteiger partial charge is 0.457 e. The number of esters is 1. The molecule has 0 bridgehead atoms. The second kappa shape index (κ2) is 7.81. The Labute approximate surface area is 175 Å². The summed E-state index contributed by atoms with van der Waals surface area (Å²) >= 11 is 0. The number of rotatable bonds is 3. The van der Waals surface area contributed by atoms with Crippen LogP contribution in [0.5, 0.6) is 0 Å². The van der Waals surface area contributed by atoms with Gasteiger partial charge in [0.05, 0.1) is 6.61 Å². The molecule has 4 rings (SSSR count). The monoisotopic (exact) mass is 402 g/mol. The van der Waals surface area contributed by atoms with Crippen LogP contribution in [-0.4, -0.2) is 33.8 Å². The van der Waals surface area contributed by atoms with E-state index in [2.05, 4.69) is 18.6 Å². The standard InChI is InChI=1S/C24H38N2O3/c1-4-29-22(27)21(26-25)24(28)12-5-6-20-19-10-8-16-14-15(2)7-9-17(16)18(19)11-13-23(20,24)3/h15-20,28H,4-14H2,1-3H3/t15-,16-,17+,18-,19-,20+,23+,24?/m1/s1. The highest BCUT2D eigenvalue weighted by atomic mass is 16.5. The molecule has 5 nitrogen and oxygen atoms in total. The van der Waals surface area contributed by atoms with E-state index in [9.17, 15) is 15.4 Å². The van der Waals surface area contributed by atoms with Crippen molar-refractivity contribution in [1.29, 1.82) is 0 Å². The minimum absolute atomic E-state index is 0.176. The van der Waals surface area contributed by atoms with Gasteiger partial charge in [0.25, 0.3) is 0 Å². The van der Waals surface area contributed by atoms with Crippen molar-refractivity contribution in [2.75, 3.05) is 6.61 Å². The number of carbonyl (C=O) groups is 1. The Balaban J connectivity index is 1.63. The fourth-order valence-electron chi connectivity index (χ4n) is 8.20. The van der Waals surface area contributed by atoms with Crippen molar-refractivity contribution in [2.24, 2.45) is 40.9 Å². The first-order valence-electron chi connectivity index (χ1n) is 12.0. The Hall–Kier alpha value is -1.19. The Morgan fingerprint density at radius 2 is 1.86 bits per heavy atom. The highest BCUT2D eigenvalue weighted by Gasteiger charge is 2.66. The summed E-state index contributed by atoms with van der Waals surface area (Å²) in [5.74, 6) is 3.70. The van der Waals surface area contributed by atoms with Gasteiger partial charge in [0, 0.05) is 5.41 Å². The molecule has 0 saturated heterocycles. The van der Waals surface area contributed by atoms with Crippen molar-refractivity contribution in [3.63, 3.8) is 0 Å². The van der Waals surface area contributed by atoms with Crippen molar-refractivity contribution >= 4 is 11.7 Å². The van der Waals surface area contributed by atoms with E-state index in [4.69, 9.17) is 4.74 Å². The zero-order chi connectivity index (χ0) is 20.8. The van der Waals surface area contributed by atoms with E-state index in [-0.39, 0.29) is 12.3 Å². The minimum Gasteiger partial charge on any atom is -0.457 e. The molecule has 162 valence electrons. The molecule has 4 saturated carbocycles. The van der Waals surface area contributed by atoms with Gasteiger partial charge in [-0.05, 0) is 100 Å². The second-order valence-corrected chi connectivity index (χ2v) is 10.7. The number of ether oxygens (including phenoxy) is 1. The van der Waals surface area contributed by atoms with Crippen molar-refractivity contribution in [2.45, 2.75) is 90.6 Å². The lowest BCUT2D eigenvalue weighted by molar-refractivity contribution is -0.182. The van der Waals surface area contributed by atoms with Crippen LogP contribution in [-0.2, 0) is 9.53 Å². The SMILES string of the molecule is CCOC(=O)C(=[N+]=[N-])C1(O)CCC[C@H]2[C@@H]3CC[C@@H]4C[C@H](C)CC[C@@H]4[C@H]3CC[C@@]21C.